The highest BCUT2D eigenvalue weighted by Gasteiger charge is 2.36. The summed E-state index contributed by atoms with van der Waals surface area (Å²) in [5.74, 6) is 0.576. The minimum absolute atomic E-state index is 0.259. The van der Waals surface area contributed by atoms with E-state index in [-0.39, 0.29) is 6.04 Å². The van der Waals surface area contributed by atoms with E-state index in [0.717, 1.165) is 25.5 Å². The molecule has 15 heavy (non-hydrogen) atoms. The van der Waals surface area contributed by atoms with E-state index >= 15 is 0 Å². The molecular formula is C10H13F3N2. The first-order valence-electron chi connectivity index (χ1n) is 5.17. The molecule has 0 amide bonds. The van der Waals surface area contributed by atoms with E-state index in [0.29, 0.717) is 12.2 Å². The molecule has 1 aliphatic carbocycles. The highest BCUT2D eigenvalue weighted by Crippen LogP contribution is 2.38. The van der Waals surface area contributed by atoms with Crippen LogP contribution in [0, 0.1) is 0 Å². The fourth-order valence-corrected chi connectivity index (χ4v) is 1.65. The number of alkyl halides is 3. The third-order valence-corrected chi connectivity index (χ3v) is 2.51. The Balaban J connectivity index is 2.31. The standard InChI is InChI=1S/C10H13F3N2/c1-2-3-9-14-8(10(11,12)13)6-15(9)7-4-5-7/h6-7H,2-5H2,1H3. The van der Waals surface area contributed by atoms with Crippen LogP contribution in [0.3, 0.4) is 0 Å². The maximum absolute atomic E-state index is 12.4. The molecule has 1 saturated carbocycles. The summed E-state index contributed by atoms with van der Waals surface area (Å²) in [4.78, 5) is 3.67. The van der Waals surface area contributed by atoms with Crippen LogP contribution in [0.25, 0.3) is 0 Å². The Morgan fingerprint density at radius 1 is 1.47 bits per heavy atom. The molecule has 0 spiro atoms. The fourth-order valence-electron chi connectivity index (χ4n) is 1.65. The van der Waals surface area contributed by atoms with Crippen molar-refractivity contribution < 1.29 is 13.2 Å². The fraction of sp³-hybridized carbons (Fsp3) is 0.700. The number of rotatable bonds is 3. The van der Waals surface area contributed by atoms with E-state index in [1.54, 1.807) is 4.57 Å². The zero-order chi connectivity index (χ0) is 11.1. The number of hydrogen-bond donors (Lipinski definition) is 0. The van der Waals surface area contributed by atoms with Crippen LogP contribution in [0.1, 0.15) is 43.7 Å². The van der Waals surface area contributed by atoms with Gasteiger partial charge in [-0.1, -0.05) is 6.92 Å². The van der Waals surface area contributed by atoms with Gasteiger partial charge < -0.3 is 4.57 Å². The van der Waals surface area contributed by atoms with E-state index in [1.165, 1.54) is 0 Å². The molecule has 1 aromatic heterocycles. The maximum atomic E-state index is 12.4. The molecule has 5 heteroatoms. The molecular weight excluding hydrogens is 205 g/mol. The molecule has 1 aromatic rings. The zero-order valence-electron chi connectivity index (χ0n) is 8.51. The summed E-state index contributed by atoms with van der Waals surface area (Å²) in [6, 6.07) is 0.259. The predicted molar refractivity (Wildman–Crippen MR) is 49.5 cm³/mol. The number of aromatic nitrogens is 2. The maximum Gasteiger partial charge on any atom is 0.434 e. The Labute approximate surface area is 86.1 Å². The summed E-state index contributed by atoms with van der Waals surface area (Å²) in [6.07, 6.45) is 0.230. The Kier molecular flexibility index (Phi) is 2.48. The van der Waals surface area contributed by atoms with E-state index in [1.807, 2.05) is 6.92 Å². The molecule has 1 aliphatic rings. The molecule has 0 aliphatic heterocycles. The largest absolute Gasteiger partial charge is 0.434 e. The van der Waals surface area contributed by atoms with Gasteiger partial charge >= 0.3 is 6.18 Å². The highest BCUT2D eigenvalue weighted by molar-refractivity contribution is 5.11. The van der Waals surface area contributed by atoms with Crippen molar-refractivity contribution in [1.29, 1.82) is 0 Å². The van der Waals surface area contributed by atoms with E-state index in [4.69, 9.17) is 0 Å². The lowest BCUT2D eigenvalue weighted by atomic mass is 10.3. The lowest BCUT2D eigenvalue weighted by Crippen LogP contribution is -2.05. The van der Waals surface area contributed by atoms with Gasteiger partial charge in [0.2, 0.25) is 0 Å². The van der Waals surface area contributed by atoms with E-state index in [2.05, 4.69) is 4.98 Å². The number of halogens is 3. The van der Waals surface area contributed by atoms with Crippen molar-refractivity contribution in [2.24, 2.45) is 0 Å². The molecule has 1 fully saturated rings. The molecule has 0 N–H and O–H groups in total. The molecule has 0 radical (unpaired) electrons. The second-order valence-electron chi connectivity index (χ2n) is 3.93. The number of aryl methyl sites for hydroxylation is 1. The van der Waals surface area contributed by atoms with E-state index in [9.17, 15) is 13.2 Å². The molecule has 2 rings (SSSR count). The number of hydrogen-bond acceptors (Lipinski definition) is 1. The van der Waals surface area contributed by atoms with E-state index < -0.39 is 11.9 Å². The average molecular weight is 218 g/mol. The van der Waals surface area contributed by atoms with Crippen LogP contribution in [0.2, 0.25) is 0 Å². The lowest BCUT2D eigenvalue weighted by Gasteiger charge is -2.03. The van der Waals surface area contributed by atoms with Gasteiger partial charge in [0.1, 0.15) is 5.82 Å². The van der Waals surface area contributed by atoms with Gasteiger partial charge in [0.15, 0.2) is 5.69 Å². The summed E-state index contributed by atoms with van der Waals surface area (Å²) >= 11 is 0. The summed E-state index contributed by atoms with van der Waals surface area (Å²) in [5.41, 5.74) is -0.752. The second kappa shape index (κ2) is 3.54. The van der Waals surface area contributed by atoms with Crippen LogP contribution in [-0.4, -0.2) is 9.55 Å². The zero-order valence-corrected chi connectivity index (χ0v) is 8.51. The van der Waals surface area contributed by atoms with Gasteiger partial charge in [-0.25, -0.2) is 4.98 Å². The number of nitrogens with zero attached hydrogens (tertiary/aromatic N) is 2. The first kappa shape index (κ1) is 10.5. The Bertz CT molecular complexity index is 350. The van der Waals surface area contributed by atoms with Gasteiger partial charge in [-0.05, 0) is 19.3 Å². The van der Waals surface area contributed by atoms with Crippen molar-refractivity contribution in [3.8, 4) is 0 Å². The van der Waals surface area contributed by atoms with Gasteiger partial charge in [0.05, 0.1) is 0 Å². The molecule has 0 aromatic carbocycles. The summed E-state index contributed by atoms with van der Waals surface area (Å²) in [5, 5.41) is 0. The van der Waals surface area contributed by atoms with Crippen LogP contribution in [0.4, 0.5) is 13.2 Å². The Morgan fingerprint density at radius 2 is 2.13 bits per heavy atom. The van der Waals surface area contributed by atoms with Gasteiger partial charge in [-0.3, -0.25) is 0 Å². The predicted octanol–water partition coefficient (Wildman–Crippen LogP) is 3.19. The van der Waals surface area contributed by atoms with Crippen molar-refractivity contribution in [3.63, 3.8) is 0 Å². The third kappa shape index (κ3) is 2.16. The van der Waals surface area contributed by atoms with Gasteiger partial charge in [-0.2, -0.15) is 13.2 Å². The van der Waals surface area contributed by atoms with Crippen molar-refractivity contribution in [3.05, 3.63) is 17.7 Å². The first-order chi connectivity index (χ1) is 7.02. The highest BCUT2D eigenvalue weighted by atomic mass is 19.4. The van der Waals surface area contributed by atoms with Crippen molar-refractivity contribution >= 4 is 0 Å². The molecule has 0 bridgehead atoms. The van der Waals surface area contributed by atoms with Crippen LogP contribution in [0.5, 0.6) is 0 Å². The van der Waals surface area contributed by atoms with Gasteiger partial charge in [0, 0.05) is 18.7 Å². The van der Waals surface area contributed by atoms with Crippen molar-refractivity contribution in [2.45, 2.75) is 44.8 Å². The molecule has 84 valence electrons. The molecule has 1 heterocycles. The molecule has 2 nitrogen and oxygen atoms in total. The average Bonchev–Trinajstić information content (AvgIpc) is 2.87. The smallest absolute Gasteiger partial charge is 0.331 e. The topological polar surface area (TPSA) is 17.8 Å². The first-order valence-corrected chi connectivity index (χ1v) is 5.17. The van der Waals surface area contributed by atoms with Crippen molar-refractivity contribution in [1.82, 2.24) is 9.55 Å². The van der Waals surface area contributed by atoms with Gasteiger partial charge in [0.25, 0.3) is 0 Å². The monoisotopic (exact) mass is 218 g/mol. The van der Waals surface area contributed by atoms with Crippen LogP contribution >= 0.6 is 0 Å². The minimum Gasteiger partial charge on any atom is -0.331 e. The van der Waals surface area contributed by atoms with Crippen LogP contribution in [0.15, 0.2) is 6.20 Å². The Morgan fingerprint density at radius 3 is 2.60 bits per heavy atom. The number of imidazole rings is 1. The quantitative estimate of drug-likeness (QED) is 0.761. The van der Waals surface area contributed by atoms with Crippen molar-refractivity contribution in [2.75, 3.05) is 0 Å². The summed E-state index contributed by atoms with van der Waals surface area (Å²) < 4.78 is 39.0. The molecule has 0 atom stereocenters. The molecule has 0 saturated heterocycles. The second-order valence-corrected chi connectivity index (χ2v) is 3.93. The van der Waals surface area contributed by atoms with Gasteiger partial charge in [-0.15, -0.1) is 0 Å². The normalized spacial score (nSPS) is 17.1. The minimum atomic E-state index is -4.32. The lowest BCUT2D eigenvalue weighted by molar-refractivity contribution is -0.141. The van der Waals surface area contributed by atoms with Crippen LogP contribution in [-0.2, 0) is 12.6 Å². The summed E-state index contributed by atoms with van der Waals surface area (Å²) in [6.45, 7) is 1.94. The Hall–Kier alpha value is -1.00. The third-order valence-electron chi connectivity index (χ3n) is 2.51. The SMILES string of the molecule is CCCc1nc(C(F)(F)F)cn1C1CC1. The van der Waals surface area contributed by atoms with Crippen LogP contribution < -0.4 is 0 Å². The summed E-state index contributed by atoms with van der Waals surface area (Å²) in [7, 11) is 0. The molecule has 0 unspecified atom stereocenters.